The number of rotatable bonds is 7. The average Bonchev–Trinajstić information content (AvgIpc) is 3.25. The summed E-state index contributed by atoms with van der Waals surface area (Å²) in [4.78, 5) is 24.1. The summed E-state index contributed by atoms with van der Waals surface area (Å²) in [6.07, 6.45) is 2.43. The number of esters is 2. The Hall–Kier alpha value is -4.06. The highest BCUT2D eigenvalue weighted by molar-refractivity contribution is 5.87. The van der Waals surface area contributed by atoms with Crippen LogP contribution in [0, 0.1) is 0 Å². The third-order valence-corrected chi connectivity index (χ3v) is 5.45. The first-order valence-electron chi connectivity index (χ1n) is 10.5. The Morgan fingerprint density at radius 1 is 0.939 bits per heavy atom. The normalized spacial score (nSPS) is 16.7. The Bertz CT molecular complexity index is 1150. The molecule has 0 bridgehead atoms. The summed E-state index contributed by atoms with van der Waals surface area (Å²) in [6.45, 7) is 0.470. The van der Waals surface area contributed by atoms with Crippen LogP contribution in [-0.2, 0) is 25.7 Å². The van der Waals surface area contributed by atoms with Gasteiger partial charge in [0.25, 0.3) is 0 Å². The molecule has 3 aromatic carbocycles. The minimum Gasteiger partial charge on any atom is -0.489 e. The van der Waals surface area contributed by atoms with Crippen LogP contribution in [0.3, 0.4) is 0 Å². The predicted octanol–water partition coefficient (Wildman–Crippen LogP) is 4.84. The molecule has 33 heavy (non-hydrogen) atoms. The fourth-order valence-electron chi connectivity index (χ4n) is 3.75. The molecule has 0 unspecified atom stereocenters. The van der Waals surface area contributed by atoms with E-state index >= 15 is 0 Å². The van der Waals surface area contributed by atoms with Gasteiger partial charge in [0.1, 0.15) is 30.1 Å². The number of hydrogen-bond acceptors (Lipinski definition) is 6. The molecular weight excluding hydrogens is 420 g/mol. The minimum atomic E-state index is -0.632. The summed E-state index contributed by atoms with van der Waals surface area (Å²) in [5.41, 5.74) is 3.38. The predicted molar refractivity (Wildman–Crippen MR) is 123 cm³/mol. The SMILES string of the molecule is COC(=O)C=Cc1ccc2c(c1)[C@@H](C(=O)OC)[C@@H](c1ccc(OCc3ccccc3)cc1)O2. The molecular formula is C27H24O6. The molecule has 0 saturated heterocycles. The van der Waals surface area contributed by atoms with Gasteiger partial charge in [-0.1, -0.05) is 48.5 Å². The second-order valence-electron chi connectivity index (χ2n) is 7.54. The van der Waals surface area contributed by atoms with Crippen molar-refractivity contribution >= 4 is 18.0 Å². The molecule has 1 heterocycles. The molecule has 0 fully saturated rings. The van der Waals surface area contributed by atoms with Gasteiger partial charge in [0.05, 0.1) is 14.2 Å². The van der Waals surface area contributed by atoms with Crippen molar-refractivity contribution < 1.29 is 28.5 Å². The summed E-state index contributed by atoms with van der Waals surface area (Å²) in [6, 6.07) is 22.9. The second-order valence-corrected chi connectivity index (χ2v) is 7.54. The molecule has 0 saturated carbocycles. The molecule has 0 aromatic heterocycles. The molecule has 0 spiro atoms. The second kappa shape index (κ2) is 10.0. The third kappa shape index (κ3) is 5.06. The van der Waals surface area contributed by atoms with Gasteiger partial charge in [-0.2, -0.15) is 0 Å². The van der Waals surface area contributed by atoms with Gasteiger partial charge in [-0.15, -0.1) is 0 Å². The van der Waals surface area contributed by atoms with Gasteiger partial charge in [0, 0.05) is 11.6 Å². The molecule has 168 valence electrons. The van der Waals surface area contributed by atoms with E-state index in [4.69, 9.17) is 14.2 Å². The van der Waals surface area contributed by atoms with Gasteiger partial charge in [-0.25, -0.2) is 4.79 Å². The molecule has 2 atom stereocenters. The number of carbonyl (C=O) groups is 2. The lowest BCUT2D eigenvalue weighted by Crippen LogP contribution is -2.20. The van der Waals surface area contributed by atoms with Crippen LogP contribution in [0.1, 0.15) is 34.3 Å². The Labute approximate surface area is 192 Å². The van der Waals surface area contributed by atoms with Crippen molar-refractivity contribution in [3.63, 3.8) is 0 Å². The standard InChI is InChI=1S/C27H24O6/c1-30-24(28)15-9-18-8-14-23-22(16-18)25(27(29)31-2)26(33-23)20-10-12-21(13-11-20)32-17-19-6-4-3-5-7-19/h3-16,25-26H,17H2,1-2H3/t25-,26-/m1/s1. The van der Waals surface area contributed by atoms with E-state index in [9.17, 15) is 9.59 Å². The van der Waals surface area contributed by atoms with Crippen LogP contribution in [0.15, 0.2) is 78.9 Å². The fraction of sp³-hybridized carbons (Fsp3) is 0.185. The Balaban J connectivity index is 1.54. The molecule has 0 radical (unpaired) electrons. The highest BCUT2D eigenvalue weighted by atomic mass is 16.5. The van der Waals surface area contributed by atoms with Gasteiger partial charge in [-0.3, -0.25) is 4.79 Å². The van der Waals surface area contributed by atoms with Gasteiger partial charge < -0.3 is 18.9 Å². The maximum atomic E-state index is 12.7. The van der Waals surface area contributed by atoms with Crippen molar-refractivity contribution in [3.05, 3.63) is 101 Å². The van der Waals surface area contributed by atoms with Crippen molar-refractivity contribution in [3.8, 4) is 11.5 Å². The van der Waals surface area contributed by atoms with Crippen LogP contribution < -0.4 is 9.47 Å². The quantitative estimate of drug-likeness (QED) is 0.384. The first-order chi connectivity index (χ1) is 16.1. The monoisotopic (exact) mass is 444 g/mol. The highest BCUT2D eigenvalue weighted by Crippen LogP contribution is 2.47. The van der Waals surface area contributed by atoms with Crippen molar-refractivity contribution in [1.82, 2.24) is 0 Å². The van der Waals surface area contributed by atoms with E-state index in [1.165, 1.54) is 20.3 Å². The van der Waals surface area contributed by atoms with Crippen molar-refractivity contribution in [2.24, 2.45) is 0 Å². The Morgan fingerprint density at radius 2 is 1.70 bits per heavy atom. The Kier molecular flexibility index (Phi) is 6.74. The van der Waals surface area contributed by atoms with Crippen LogP contribution in [0.2, 0.25) is 0 Å². The number of carbonyl (C=O) groups excluding carboxylic acids is 2. The highest BCUT2D eigenvalue weighted by Gasteiger charge is 2.41. The van der Waals surface area contributed by atoms with E-state index < -0.39 is 24.0 Å². The Morgan fingerprint density at radius 3 is 2.39 bits per heavy atom. The maximum Gasteiger partial charge on any atom is 0.330 e. The fourth-order valence-corrected chi connectivity index (χ4v) is 3.75. The number of fused-ring (bicyclic) bond motifs is 1. The zero-order valence-corrected chi connectivity index (χ0v) is 18.4. The third-order valence-electron chi connectivity index (χ3n) is 5.45. The zero-order valence-electron chi connectivity index (χ0n) is 18.4. The van der Waals surface area contributed by atoms with Crippen molar-refractivity contribution in [1.29, 1.82) is 0 Å². The molecule has 6 heteroatoms. The smallest absolute Gasteiger partial charge is 0.330 e. The number of benzene rings is 3. The molecule has 1 aliphatic rings. The van der Waals surface area contributed by atoms with Crippen LogP contribution in [0.4, 0.5) is 0 Å². The summed E-state index contributed by atoms with van der Waals surface area (Å²) < 4.78 is 21.7. The molecule has 3 aromatic rings. The van der Waals surface area contributed by atoms with E-state index in [0.717, 1.165) is 22.4 Å². The van der Waals surface area contributed by atoms with Crippen molar-refractivity contribution in [2.75, 3.05) is 14.2 Å². The topological polar surface area (TPSA) is 71.1 Å². The van der Waals surface area contributed by atoms with Crippen LogP contribution >= 0.6 is 0 Å². The first-order valence-corrected chi connectivity index (χ1v) is 10.5. The van der Waals surface area contributed by atoms with Gasteiger partial charge in [-0.05, 0) is 47.0 Å². The van der Waals surface area contributed by atoms with Gasteiger partial charge in [0.2, 0.25) is 0 Å². The minimum absolute atomic E-state index is 0.391. The van der Waals surface area contributed by atoms with Crippen LogP contribution in [-0.4, -0.2) is 26.2 Å². The van der Waals surface area contributed by atoms with E-state index in [-0.39, 0.29) is 0 Å². The van der Waals surface area contributed by atoms with Crippen LogP contribution in [0.5, 0.6) is 11.5 Å². The molecule has 1 aliphatic heterocycles. The molecule has 0 aliphatic carbocycles. The molecule has 0 amide bonds. The summed E-state index contributed by atoms with van der Waals surface area (Å²) in [7, 11) is 2.68. The first kappa shape index (κ1) is 22.1. The lowest BCUT2D eigenvalue weighted by atomic mass is 9.90. The average molecular weight is 444 g/mol. The van der Waals surface area contributed by atoms with Gasteiger partial charge >= 0.3 is 11.9 Å². The molecule has 6 nitrogen and oxygen atoms in total. The number of hydrogen-bond donors (Lipinski definition) is 0. The van der Waals surface area contributed by atoms with E-state index in [1.807, 2.05) is 66.7 Å². The lowest BCUT2D eigenvalue weighted by Gasteiger charge is -2.18. The molecule has 4 rings (SSSR count). The summed E-state index contributed by atoms with van der Waals surface area (Å²) >= 11 is 0. The van der Waals surface area contributed by atoms with Crippen LogP contribution in [0.25, 0.3) is 6.08 Å². The number of ether oxygens (including phenoxy) is 4. The van der Waals surface area contributed by atoms with E-state index in [2.05, 4.69) is 4.74 Å². The van der Waals surface area contributed by atoms with Crippen molar-refractivity contribution in [2.45, 2.75) is 18.6 Å². The largest absolute Gasteiger partial charge is 0.489 e. The maximum absolute atomic E-state index is 12.7. The van der Waals surface area contributed by atoms with Gasteiger partial charge in [0.15, 0.2) is 0 Å². The molecule has 0 N–H and O–H groups in total. The van der Waals surface area contributed by atoms with E-state index in [0.29, 0.717) is 17.9 Å². The van der Waals surface area contributed by atoms with E-state index in [1.54, 1.807) is 12.1 Å². The summed E-state index contributed by atoms with van der Waals surface area (Å²) in [5, 5.41) is 0. The zero-order chi connectivity index (χ0) is 23.2. The lowest BCUT2D eigenvalue weighted by molar-refractivity contribution is -0.144. The summed E-state index contributed by atoms with van der Waals surface area (Å²) in [5.74, 6) is -0.147. The number of methoxy groups -OCH3 is 2.